The summed E-state index contributed by atoms with van der Waals surface area (Å²) in [5.74, 6) is 1.31. The van der Waals surface area contributed by atoms with Crippen molar-refractivity contribution < 1.29 is 4.79 Å². The molecule has 0 aliphatic carbocycles. The molecule has 1 N–H and O–H groups in total. The third-order valence-electron chi connectivity index (χ3n) is 4.81. The summed E-state index contributed by atoms with van der Waals surface area (Å²) in [6.07, 6.45) is 3.47. The summed E-state index contributed by atoms with van der Waals surface area (Å²) in [4.78, 5) is 17.8. The van der Waals surface area contributed by atoms with E-state index >= 15 is 0 Å². The van der Waals surface area contributed by atoms with E-state index in [-0.39, 0.29) is 5.91 Å². The molecular weight excluding hydrogens is 361 g/mol. The third-order valence-corrected chi connectivity index (χ3v) is 5.63. The summed E-state index contributed by atoms with van der Waals surface area (Å²) in [6.45, 7) is 1.39. The summed E-state index contributed by atoms with van der Waals surface area (Å²) in [7, 11) is 1.95. The molecule has 0 atom stereocenters. The number of carbonyl (C=O) groups is 1. The number of nitrogens with zero attached hydrogens (tertiary/aromatic N) is 4. The van der Waals surface area contributed by atoms with E-state index in [4.69, 9.17) is 23.2 Å². The van der Waals surface area contributed by atoms with Crippen LogP contribution < -0.4 is 0 Å². The van der Waals surface area contributed by atoms with Crippen LogP contribution in [0.4, 0.5) is 0 Å². The number of hydrogen-bond donors (Lipinski definition) is 1. The zero-order valence-corrected chi connectivity index (χ0v) is 15.2. The molecule has 0 spiro atoms. The second kappa shape index (κ2) is 6.35. The fourth-order valence-corrected chi connectivity index (χ4v) is 3.81. The molecule has 0 saturated carbocycles. The number of rotatable bonds is 2. The van der Waals surface area contributed by atoms with Crippen LogP contribution in [0.1, 0.15) is 35.1 Å². The Bertz CT molecular complexity index is 940. The van der Waals surface area contributed by atoms with Gasteiger partial charge >= 0.3 is 0 Å². The van der Waals surface area contributed by atoms with E-state index in [1.54, 1.807) is 18.5 Å². The van der Waals surface area contributed by atoms with E-state index in [2.05, 4.69) is 15.2 Å². The molecule has 1 fully saturated rings. The molecule has 0 unspecified atom stereocenters. The summed E-state index contributed by atoms with van der Waals surface area (Å²) in [5.41, 5.74) is 1.35. The second-order valence-corrected chi connectivity index (χ2v) is 7.16. The monoisotopic (exact) mass is 377 g/mol. The molecule has 0 radical (unpaired) electrons. The summed E-state index contributed by atoms with van der Waals surface area (Å²) >= 11 is 12.3. The molecule has 3 aromatic rings. The highest BCUT2D eigenvalue weighted by molar-refractivity contribution is 6.45. The predicted molar refractivity (Wildman–Crippen MR) is 97.2 cm³/mol. The first-order valence-corrected chi connectivity index (χ1v) is 8.90. The van der Waals surface area contributed by atoms with Crippen molar-refractivity contribution in [2.24, 2.45) is 7.05 Å². The van der Waals surface area contributed by atoms with Crippen LogP contribution in [-0.2, 0) is 7.05 Å². The molecular formula is C17H17Cl2N5O. The standard InChI is InChI=1S/C17H17Cl2N5O/c1-23-9-20-22-16(23)10-4-6-24(7-5-10)17(25)14-8-11-13(21-14)3-2-12(18)15(11)19/h2-3,8-10,21H,4-7H2,1H3. The van der Waals surface area contributed by atoms with Gasteiger partial charge in [0.05, 0.1) is 10.0 Å². The number of aromatic nitrogens is 4. The first kappa shape index (κ1) is 16.4. The molecule has 3 heterocycles. The van der Waals surface area contributed by atoms with Crippen molar-refractivity contribution in [1.29, 1.82) is 0 Å². The van der Waals surface area contributed by atoms with Crippen LogP contribution in [0.3, 0.4) is 0 Å². The Balaban J connectivity index is 1.51. The lowest BCUT2D eigenvalue weighted by Gasteiger charge is -2.31. The quantitative estimate of drug-likeness (QED) is 0.741. The number of fused-ring (bicyclic) bond motifs is 1. The normalized spacial score (nSPS) is 15.9. The van der Waals surface area contributed by atoms with Gasteiger partial charge in [-0.25, -0.2) is 0 Å². The van der Waals surface area contributed by atoms with Crippen molar-refractivity contribution in [2.45, 2.75) is 18.8 Å². The lowest BCUT2D eigenvalue weighted by molar-refractivity contribution is 0.0705. The molecule has 1 saturated heterocycles. The number of piperidine rings is 1. The Morgan fingerprint density at radius 2 is 2.04 bits per heavy atom. The average Bonchev–Trinajstić information content (AvgIpc) is 3.24. The topological polar surface area (TPSA) is 66.8 Å². The lowest BCUT2D eigenvalue weighted by atomic mass is 9.96. The maximum atomic E-state index is 12.8. The Morgan fingerprint density at radius 3 is 2.72 bits per heavy atom. The number of nitrogens with one attached hydrogen (secondary N) is 1. The minimum absolute atomic E-state index is 0.0141. The summed E-state index contributed by atoms with van der Waals surface area (Å²) < 4.78 is 1.95. The maximum Gasteiger partial charge on any atom is 0.270 e. The largest absolute Gasteiger partial charge is 0.350 e. The number of carbonyl (C=O) groups excluding carboxylic acids is 1. The van der Waals surface area contributed by atoms with E-state index in [0.717, 1.165) is 29.6 Å². The predicted octanol–water partition coefficient (Wildman–Crippen LogP) is 3.62. The fraction of sp³-hybridized carbons (Fsp3) is 0.353. The zero-order valence-electron chi connectivity index (χ0n) is 13.7. The van der Waals surface area contributed by atoms with Crippen molar-refractivity contribution in [3.63, 3.8) is 0 Å². The van der Waals surface area contributed by atoms with Gasteiger partial charge in [0.2, 0.25) is 0 Å². The van der Waals surface area contributed by atoms with Gasteiger partial charge in [0.25, 0.3) is 5.91 Å². The smallest absolute Gasteiger partial charge is 0.270 e. The van der Waals surface area contributed by atoms with Crippen molar-refractivity contribution in [3.8, 4) is 0 Å². The van der Waals surface area contributed by atoms with Crippen molar-refractivity contribution >= 4 is 40.0 Å². The van der Waals surface area contributed by atoms with E-state index in [1.807, 2.05) is 22.6 Å². The lowest BCUT2D eigenvalue weighted by Crippen LogP contribution is -2.38. The van der Waals surface area contributed by atoms with E-state index in [1.165, 1.54) is 0 Å². The van der Waals surface area contributed by atoms with Crippen LogP contribution in [0.15, 0.2) is 24.5 Å². The van der Waals surface area contributed by atoms with Crippen LogP contribution in [0, 0.1) is 0 Å². The third kappa shape index (κ3) is 2.89. The highest BCUT2D eigenvalue weighted by atomic mass is 35.5. The molecule has 1 aliphatic rings. The van der Waals surface area contributed by atoms with Gasteiger partial charge in [-0.2, -0.15) is 0 Å². The summed E-state index contributed by atoms with van der Waals surface area (Å²) in [5, 5.41) is 9.85. The Labute approximate surface area is 154 Å². The molecule has 1 aromatic carbocycles. The van der Waals surface area contributed by atoms with Gasteiger partial charge in [-0.1, -0.05) is 23.2 Å². The highest BCUT2D eigenvalue weighted by Crippen LogP contribution is 2.32. The maximum absolute atomic E-state index is 12.8. The number of halogens is 2. The number of benzene rings is 1. The minimum atomic E-state index is -0.0141. The van der Waals surface area contributed by atoms with Crippen LogP contribution in [0.5, 0.6) is 0 Å². The first-order chi connectivity index (χ1) is 12.0. The Hall–Kier alpha value is -2.05. The Morgan fingerprint density at radius 1 is 1.28 bits per heavy atom. The van der Waals surface area contributed by atoms with E-state index < -0.39 is 0 Å². The van der Waals surface area contributed by atoms with Crippen LogP contribution in [-0.4, -0.2) is 43.6 Å². The van der Waals surface area contributed by atoms with Crippen molar-refractivity contribution in [1.82, 2.24) is 24.6 Å². The van der Waals surface area contributed by atoms with E-state index in [0.29, 0.717) is 34.7 Å². The van der Waals surface area contributed by atoms with Gasteiger partial charge in [0.15, 0.2) is 0 Å². The number of likely N-dealkylation sites (tertiary alicyclic amines) is 1. The molecule has 4 rings (SSSR count). The molecule has 0 bridgehead atoms. The fourth-order valence-electron chi connectivity index (χ4n) is 3.43. The van der Waals surface area contributed by atoms with Crippen LogP contribution in [0.2, 0.25) is 10.0 Å². The van der Waals surface area contributed by atoms with Gasteiger partial charge < -0.3 is 14.5 Å². The van der Waals surface area contributed by atoms with Crippen molar-refractivity contribution in [2.75, 3.05) is 13.1 Å². The number of hydrogen-bond acceptors (Lipinski definition) is 3. The van der Waals surface area contributed by atoms with Crippen molar-refractivity contribution in [3.05, 3.63) is 46.1 Å². The van der Waals surface area contributed by atoms with Crippen LogP contribution >= 0.6 is 23.2 Å². The number of aryl methyl sites for hydroxylation is 1. The number of aromatic amines is 1. The number of H-pyrrole nitrogens is 1. The first-order valence-electron chi connectivity index (χ1n) is 8.14. The zero-order chi connectivity index (χ0) is 17.6. The average molecular weight is 378 g/mol. The molecule has 2 aromatic heterocycles. The van der Waals surface area contributed by atoms with E-state index in [9.17, 15) is 4.79 Å². The van der Waals surface area contributed by atoms with Gasteiger partial charge in [0, 0.05) is 37.0 Å². The minimum Gasteiger partial charge on any atom is -0.350 e. The second-order valence-electron chi connectivity index (χ2n) is 6.37. The molecule has 25 heavy (non-hydrogen) atoms. The van der Waals surface area contributed by atoms with Gasteiger partial charge in [-0.15, -0.1) is 10.2 Å². The molecule has 1 aliphatic heterocycles. The van der Waals surface area contributed by atoms with Gasteiger partial charge in [-0.3, -0.25) is 4.79 Å². The molecule has 130 valence electrons. The molecule has 6 nitrogen and oxygen atoms in total. The molecule has 1 amide bonds. The SMILES string of the molecule is Cn1cnnc1C1CCN(C(=O)c2cc3c(Cl)c(Cl)ccc3[nH]2)CC1. The Kier molecular flexibility index (Phi) is 4.17. The molecule has 8 heteroatoms. The summed E-state index contributed by atoms with van der Waals surface area (Å²) in [6, 6.07) is 5.34. The highest BCUT2D eigenvalue weighted by Gasteiger charge is 2.27. The number of amides is 1. The van der Waals surface area contributed by atoms with Gasteiger partial charge in [0.1, 0.15) is 17.8 Å². The van der Waals surface area contributed by atoms with Gasteiger partial charge in [-0.05, 0) is 31.0 Å². The van der Waals surface area contributed by atoms with Crippen LogP contribution in [0.25, 0.3) is 10.9 Å².